The first-order valence-corrected chi connectivity index (χ1v) is 11.0. The Hall–Kier alpha value is -1.84. The number of benzene rings is 2. The maximum absolute atomic E-state index is 13.2. The van der Waals surface area contributed by atoms with Gasteiger partial charge in [-0.05, 0) is 68.0 Å². The van der Waals surface area contributed by atoms with Crippen LogP contribution >= 0.6 is 11.6 Å². The predicted molar refractivity (Wildman–Crippen MR) is 116 cm³/mol. The van der Waals surface area contributed by atoms with Crippen LogP contribution in [0.25, 0.3) is 0 Å². The zero-order chi connectivity index (χ0) is 19.3. The summed E-state index contributed by atoms with van der Waals surface area (Å²) in [5.74, 6) is 0.651. The number of carbonyl (C=O) groups excluding carboxylic acids is 1. The highest BCUT2D eigenvalue weighted by atomic mass is 35.5. The largest absolute Gasteiger partial charge is 0.325 e. The Morgan fingerprint density at radius 1 is 0.893 bits per heavy atom. The second-order valence-corrected chi connectivity index (χ2v) is 8.55. The van der Waals surface area contributed by atoms with Crippen molar-refractivity contribution in [3.8, 4) is 0 Å². The number of rotatable bonds is 4. The van der Waals surface area contributed by atoms with E-state index in [0.29, 0.717) is 17.0 Å². The third-order valence-electron chi connectivity index (χ3n) is 6.34. The molecule has 3 nitrogen and oxygen atoms in total. The zero-order valence-corrected chi connectivity index (χ0v) is 17.1. The maximum Gasteiger partial charge on any atom is 0.241 e. The number of hydrogen-bond donors (Lipinski definition) is 1. The monoisotopic (exact) mass is 396 g/mol. The number of piperidine rings is 1. The molecule has 1 aliphatic heterocycles. The molecule has 0 spiro atoms. The Bertz CT molecular complexity index is 777. The van der Waals surface area contributed by atoms with Crippen LogP contribution in [0, 0.1) is 0 Å². The average molecular weight is 397 g/mol. The van der Waals surface area contributed by atoms with Gasteiger partial charge in [-0.25, -0.2) is 0 Å². The highest BCUT2D eigenvalue weighted by molar-refractivity contribution is 6.30. The van der Waals surface area contributed by atoms with Crippen LogP contribution in [0.1, 0.15) is 56.4 Å². The van der Waals surface area contributed by atoms with Crippen molar-refractivity contribution >= 4 is 23.2 Å². The molecule has 2 aromatic carbocycles. The van der Waals surface area contributed by atoms with Gasteiger partial charge in [-0.3, -0.25) is 9.69 Å². The first kappa shape index (κ1) is 19.5. The molecule has 148 valence electrons. The first-order valence-electron chi connectivity index (χ1n) is 10.6. The van der Waals surface area contributed by atoms with E-state index in [0.717, 1.165) is 25.1 Å². The fourth-order valence-electron chi connectivity index (χ4n) is 4.99. The standard InChI is InChI=1S/C24H29ClN2O/c25-19-13-15-20(16-14-19)26-24(28)23-12-6-7-17-27(23)22-11-5-4-10-21(22)18-8-2-1-3-9-18/h1-3,8-9,13-16,21-23H,4-7,10-12,17H2,(H,26,28)/t21-,22-,23?/m1/s1. The van der Waals surface area contributed by atoms with Gasteiger partial charge in [0.2, 0.25) is 5.91 Å². The number of anilines is 1. The maximum atomic E-state index is 13.2. The predicted octanol–water partition coefficient (Wildman–Crippen LogP) is 5.86. The molecule has 0 radical (unpaired) electrons. The molecule has 3 atom stereocenters. The average Bonchev–Trinajstić information content (AvgIpc) is 2.76. The molecule has 2 aromatic rings. The molecule has 2 fully saturated rings. The van der Waals surface area contributed by atoms with E-state index in [9.17, 15) is 4.79 Å². The number of likely N-dealkylation sites (tertiary alicyclic amines) is 1. The molecule has 1 unspecified atom stereocenters. The summed E-state index contributed by atoms with van der Waals surface area (Å²) in [5.41, 5.74) is 2.25. The molecule has 1 saturated carbocycles. The topological polar surface area (TPSA) is 32.3 Å². The van der Waals surface area contributed by atoms with E-state index in [1.54, 1.807) is 0 Å². The van der Waals surface area contributed by atoms with Crippen LogP contribution in [-0.4, -0.2) is 29.4 Å². The molecule has 1 amide bonds. The fourth-order valence-corrected chi connectivity index (χ4v) is 5.11. The van der Waals surface area contributed by atoms with E-state index in [4.69, 9.17) is 11.6 Å². The van der Waals surface area contributed by atoms with Crippen molar-refractivity contribution in [2.45, 2.75) is 62.9 Å². The zero-order valence-electron chi connectivity index (χ0n) is 16.3. The Kier molecular flexibility index (Phi) is 6.33. The van der Waals surface area contributed by atoms with Gasteiger partial charge < -0.3 is 5.32 Å². The highest BCUT2D eigenvalue weighted by Gasteiger charge is 2.38. The molecular formula is C24H29ClN2O. The van der Waals surface area contributed by atoms with Gasteiger partial charge in [0.25, 0.3) is 0 Å². The van der Waals surface area contributed by atoms with E-state index in [-0.39, 0.29) is 11.9 Å². The minimum absolute atomic E-state index is 0.0428. The Balaban J connectivity index is 1.53. The van der Waals surface area contributed by atoms with Crippen molar-refractivity contribution < 1.29 is 4.79 Å². The third-order valence-corrected chi connectivity index (χ3v) is 6.59. The van der Waals surface area contributed by atoms with Crippen LogP contribution in [0.4, 0.5) is 5.69 Å². The molecule has 28 heavy (non-hydrogen) atoms. The summed E-state index contributed by atoms with van der Waals surface area (Å²) in [6.45, 7) is 1.02. The first-order chi connectivity index (χ1) is 13.7. The van der Waals surface area contributed by atoms with Gasteiger partial charge in [-0.2, -0.15) is 0 Å². The van der Waals surface area contributed by atoms with Crippen molar-refractivity contribution in [1.29, 1.82) is 0 Å². The molecule has 1 aliphatic carbocycles. The summed E-state index contributed by atoms with van der Waals surface area (Å²) in [6.07, 6.45) is 8.20. The van der Waals surface area contributed by atoms with E-state index >= 15 is 0 Å². The normalized spacial score (nSPS) is 26.0. The minimum Gasteiger partial charge on any atom is -0.325 e. The lowest BCUT2D eigenvalue weighted by Crippen LogP contribution is -2.54. The van der Waals surface area contributed by atoms with Crippen molar-refractivity contribution in [3.05, 3.63) is 65.2 Å². The molecule has 1 heterocycles. The quantitative estimate of drug-likeness (QED) is 0.701. The molecule has 4 heteroatoms. The third kappa shape index (κ3) is 4.42. The number of carbonyl (C=O) groups is 1. The lowest BCUT2D eigenvalue weighted by atomic mass is 9.78. The van der Waals surface area contributed by atoms with Crippen LogP contribution in [0.5, 0.6) is 0 Å². The number of hydrogen-bond acceptors (Lipinski definition) is 2. The second-order valence-electron chi connectivity index (χ2n) is 8.11. The van der Waals surface area contributed by atoms with Crippen molar-refractivity contribution in [2.24, 2.45) is 0 Å². The van der Waals surface area contributed by atoms with Crippen LogP contribution in [0.15, 0.2) is 54.6 Å². The van der Waals surface area contributed by atoms with Crippen molar-refractivity contribution in [2.75, 3.05) is 11.9 Å². The van der Waals surface area contributed by atoms with Gasteiger partial charge >= 0.3 is 0 Å². The Morgan fingerprint density at radius 3 is 2.39 bits per heavy atom. The van der Waals surface area contributed by atoms with Gasteiger partial charge in [0.05, 0.1) is 6.04 Å². The molecule has 1 saturated heterocycles. The van der Waals surface area contributed by atoms with Crippen molar-refractivity contribution in [1.82, 2.24) is 4.90 Å². The smallest absolute Gasteiger partial charge is 0.241 e. The van der Waals surface area contributed by atoms with E-state index in [1.165, 1.54) is 37.7 Å². The number of amides is 1. The summed E-state index contributed by atoms with van der Waals surface area (Å²) in [6, 6.07) is 18.7. The lowest BCUT2D eigenvalue weighted by molar-refractivity contribution is -0.124. The second kappa shape index (κ2) is 9.11. The Morgan fingerprint density at radius 2 is 1.61 bits per heavy atom. The number of nitrogens with one attached hydrogen (secondary N) is 1. The summed E-state index contributed by atoms with van der Waals surface area (Å²) in [5, 5.41) is 3.81. The van der Waals surface area contributed by atoms with Crippen LogP contribution in [0.2, 0.25) is 5.02 Å². The summed E-state index contributed by atoms with van der Waals surface area (Å²) in [4.78, 5) is 15.7. The van der Waals surface area contributed by atoms with Gasteiger partial charge in [-0.15, -0.1) is 0 Å². The Labute approximate surface area is 173 Å². The molecule has 2 aliphatic rings. The van der Waals surface area contributed by atoms with E-state index in [1.807, 2.05) is 24.3 Å². The lowest BCUT2D eigenvalue weighted by Gasteiger charge is -2.45. The van der Waals surface area contributed by atoms with Gasteiger partial charge in [0, 0.05) is 16.8 Å². The van der Waals surface area contributed by atoms with Gasteiger partial charge in [-0.1, -0.05) is 61.2 Å². The minimum atomic E-state index is -0.0428. The molecular weight excluding hydrogens is 368 g/mol. The van der Waals surface area contributed by atoms with E-state index < -0.39 is 0 Å². The number of halogens is 1. The summed E-state index contributed by atoms with van der Waals surface area (Å²) < 4.78 is 0. The number of nitrogens with zero attached hydrogens (tertiary/aromatic N) is 1. The molecule has 4 rings (SSSR count). The summed E-state index contributed by atoms with van der Waals surface area (Å²) in [7, 11) is 0. The van der Waals surface area contributed by atoms with Gasteiger partial charge in [0.1, 0.15) is 0 Å². The van der Waals surface area contributed by atoms with Crippen LogP contribution in [0.3, 0.4) is 0 Å². The molecule has 0 aromatic heterocycles. The van der Waals surface area contributed by atoms with Crippen LogP contribution in [-0.2, 0) is 4.79 Å². The summed E-state index contributed by atoms with van der Waals surface area (Å²) >= 11 is 5.97. The van der Waals surface area contributed by atoms with E-state index in [2.05, 4.69) is 40.5 Å². The molecule has 0 bridgehead atoms. The SMILES string of the molecule is O=C(Nc1ccc(Cl)cc1)C1CCCCN1[C@@H]1CCCC[C@@H]1c1ccccc1. The fraction of sp³-hybridized carbons (Fsp3) is 0.458. The highest BCUT2D eigenvalue weighted by Crippen LogP contribution is 2.38. The van der Waals surface area contributed by atoms with Crippen LogP contribution < -0.4 is 5.32 Å². The molecule has 1 N–H and O–H groups in total. The van der Waals surface area contributed by atoms with Gasteiger partial charge in [0.15, 0.2) is 0 Å². The van der Waals surface area contributed by atoms with Crippen molar-refractivity contribution in [3.63, 3.8) is 0 Å².